The molecule has 0 saturated heterocycles. The summed E-state index contributed by atoms with van der Waals surface area (Å²) in [6.07, 6.45) is 2.02. The lowest BCUT2D eigenvalue weighted by molar-refractivity contribution is 0.246. The van der Waals surface area contributed by atoms with E-state index in [1.165, 1.54) is 32.8 Å². The van der Waals surface area contributed by atoms with Crippen LogP contribution >= 0.6 is 0 Å². The first-order chi connectivity index (χ1) is 17.3. The fraction of sp³-hybridized carbons (Fsp3) is 0.219. The number of ether oxygens (including phenoxy) is 1. The molecule has 0 atom stereocenters. The Bertz CT molecular complexity index is 1490. The Morgan fingerprint density at radius 2 is 1.71 bits per heavy atom. The predicted octanol–water partition coefficient (Wildman–Crippen LogP) is 7.40. The van der Waals surface area contributed by atoms with E-state index in [1.54, 1.807) is 0 Å². The molecule has 5 aromatic rings. The van der Waals surface area contributed by atoms with Gasteiger partial charge in [-0.05, 0) is 58.5 Å². The molecule has 6 rings (SSSR count). The molecule has 1 aliphatic heterocycles. The van der Waals surface area contributed by atoms with Gasteiger partial charge in [-0.2, -0.15) is 0 Å². The number of hydrogen-bond acceptors (Lipinski definition) is 3. The monoisotopic (exact) mass is 458 g/mol. The molecule has 0 fully saturated rings. The Balaban J connectivity index is 1.51. The van der Waals surface area contributed by atoms with Gasteiger partial charge in [-0.15, -0.1) is 0 Å². The van der Waals surface area contributed by atoms with E-state index in [0.29, 0.717) is 0 Å². The fourth-order valence-corrected chi connectivity index (χ4v) is 5.34. The Kier molecular flexibility index (Phi) is 5.93. The number of rotatable bonds is 6. The van der Waals surface area contributed by atoms with Crippen molar-refractivity contribution in [1.29, 1.82) is 0 Å². The molecule has 174 valence electrons. The maximum absolute atomic E-state index is 5.97. The Morgan fingerprint density at radius 3 is 2.60 bits per heavy atom. The zero-order valence-corrected chi connectivity index (χ0v) is 20.2. The van der Waals surface area contributed by atoms with E-state index in [2.05, 4.69) is 96.8 Å². The number of pyridine rings is 1. The number of hydrogen-bond donors (Lipinski definition) is 0. The van der Waals surface area contributed by atoms with Crippen LogP contribution in [0.3, 0.4) is 0 Å². The van der Waals surface area contributed by atoms with Crippen molar-refractivity contribution in [2.75, 3.05) is 13.2 Å². The molecule has 0 spiro atoms. The van der Waals surface area contributed by atoms with Crippen molar-refractivity contribution in [2.45, 2.75) is 32.9 Å². The maximum atomic E-state index is 5.97. The number of nitrogens with zero attached hydrogens (tertiary/aromatic N) is 2. The van der Waals surface area contributed by atoms with Crippen molar-refractivity contribution in [3.8, 4) is 17.0 Å². The molecule has 35 heavy (non-hydrogen) atoms. The first-order valence-corrected chi connectivity index (χ1v) is 12.6. The van der Waals surface area contributed by atoms with Crippen LogP contribution < -0.4 is 4.74 Å². The van der Waals surface area contributed by atoms with E-state index in [4.69, 9.17) is 9.72 Å². The fourth-order valence-electron chi connectivity index (χ4n) is 5.34. The molecule has 0 radical (unpaired) electrons. The van der Waals surface area contributed by atoms with Crippen LogP contribution in [0.4, 0.5) is 0 Å². The SMILES string of the molecule is CCCOc1cccc(-c2nc3ccc4ccccc4c3c3c2CN(Cc2ccccc2)CC3)c1. The Morgan fingerprint density at radius 1 is 0.857 bits per heavy atom. The van der Waals surface area contributed by atoms with Crippen molar-refractivity contribution in [3.63, 3.8) is 0 Å². The van der Waals surface area contributed by atoms with Crippen LogP contribution in [0.5, 0.6) is 5.75 Å². The lowest BCUT2D eigenvalue weighted by Crippen LogP contribution is -2.31. The van der Waals surface area contributed by atoms with Gasteiger partial charge in [-0.1, -0.05) is 79.7 Å². The average Bonchev–Trinajstić information content (AvgIpc) is 2.92. The quantitative estimate of drug-likeness (QED) is 0.248. The summed E-state index contributed by atoms with van der Waals surface area (Å²) in [5.41, 5.74) is 7.45. The first-order valence-electron chi connectivity index (χ1n) is 12.6. The molecule has 2 heterocycles. The molecule has 0 aliphatic carbocycles. The maximum Gasteiger partial charge on any atom is 0.119 e. The normalized spacial score (nSPS) is 13.7. The molecule has 3 heteroatoms. The summed E-state index contributed by atoms with van der Waals surface area (Å²) < 4.78 is 5.97. The number of benzene rings is 4. The molecule has 0 saturated carbocycles. The van der Waals surface area contributed by atoms with E-state index in [-0.39, 0.29) is 0 Å². The second-order valence-corrected chi connectivity index (χ2v) is 9.42. The summed E-state index contributed by atoms with van der Waals surface area (Å²) >= 11 is 0. The third kappa shape index (κ3) is 4.28. The van der Waals surface area contributed by atoms with Gasteiger partial charge in [0.25, 0.3) is 0 Å². The molecule has 1 aromatic heterocycles. The molecule has 0 bridgehead atoms. The van der Waals surface area contributed by atoms with E-state index in [1.807, 2.05) is 6.07 Å². The van der Waals surface area contributed by atoms with Gasteiger partial charge in [0, 0.05) is 30.6 Å². The molecule has 3 nitrogen and oxygen atoms in total. The van der Waals surface area contributed by atoms with Gasteiger partial charge in [-0.3, -0.25) is 4.90 Å². The minimum atomic E-state index is 0.726. The lowest BCUT2D eigenvalue weighted by Gasteiger charge is -2.31. The molecular weight excluding hydrogens is 428 g/mol. The summed E-state index contributed by atoms with van der Waals surface area (Å²) in [5, 5.41) is 3.90. The van der Waals surface area contributed by atoms with E-state index >= 15 is 0 Å². The summed E-state index contributed by atoms with van der Waals surface area (Å²) in [7, 11) is 0. The van der Waals surface area contributed by atoms with Crippen LogP contribution in [0.15, 0.2) is 91.0 Å². The van der Waals surface area contributed by atoms with Gasteiger partial charge in [0.2, 0.25) is 0 Å². The second kappa shape index (κ2) is 9.52. The van der Waals surface area contributed by atoms with Crippen LogP contribution in [0, 0.1) is 0 Å². The van der Waals surface area contributed by atoms with Crippen LogP contribution in [-0.4, -0.2) is 23.0 Å². The van der Waals surface area contributed by atoms with Crippen molar-refractivity contribution in [1.82, 2.24) is 9.88 Å². The van der Waals surface area contributed by atoms with Crippen LogP contribution in [0.2, 0.25) is 0 Å². The highest BCUT2D eigenvalue weighted by Crippen LogP contribution is 2.38. The third-order valence-electron chi connectivity index (χ3n) is 6.98. The molecule has 4 aromatic carbocycles. The van der Waals surface area contributed by atoms with Crippen LogP contribution in [-0.2, 0) is 19.5 Å². The van der Waals surface area contributed by atoms with E-state index in [9.17, 15) is 0 Å². The minimum absolute atomic E-state index is 0.726. The summed E-state index contributed by atoms with van der Waals surface area (Å²) in [5.74, 6) is 0.912. The van der Waals surface area contributed by atoms with E-state index in [0.717, 1.165) is 61.6 Å². The first kappa shape index (κ1) is 21.8. The standard InChI is InChI=1S/C32H30N2O/c1-2-19-35-26-13-8-12-25(20-26)32-29-22-34(21-23-9-4-3-5-10-23)18-17-28(29)31-27-14-7-6-11-24(27)15-16-30(31)33-32/h3-16,20H,2,17-19,21-22H2,1H3. The van der Waals surface area contributed by atoms with Crippen LogP contribution in [0.1, 0.15) is 30.0 Å². The molecule has 0 N–H and O–H groups in total. The highest BCUT2D eigenvalue weighted by atomic mass is 16.5. The van der Waals surface area contributed by atoms with Crippen molar-refractivity contribution in [2.24, 2.45) is 0 Å². The van der Waals surface area contributed by atoms with Crippen molar-refractivity contribution >= 4 is 21.7 Å². The average molecular weight is 459 g/mol. The van der Waals surface area contributed by atoms with Gasteiger partial charge < -0.3 is 4.74 Å². The summed E-state index contributed by atoms with van der Waals surface area (Å²) in [6, 6.07) is 32.3. The van der Waals surface area contributed by atoms with Crippen molar-refractivity contribution < 1.29 is 4.74 Å². The highest BCUT2D eigenvalue weighted by molar-refractivity contribution is 6.09. The smallest absolute Gasteiger partial charge is 0.119 e. The predicted molar refractivity (Wildman–Crippen MR) is 145 cm³/mol. The summed E-state index contributed by atoms with van der Waals surface area (Å²) in [4.78, 5) is 7.84. The minimum Gasteiger partial charge on any atom is -0.494 e. The number of fused-ring (bicyclic) bond motifs is 5. The Labute approximate surface area is 207 Å². The zero-order chi connectivity index (χ0) is 23.6. The third-order valence-corrected chi connectivity index (χ3v) is 6.98. The summed E-state index contributed by atoms with van der Waals surface area (Å²) in [6.45, 7) is 5.75. The lowest BCUT2D eigenvalue weighted by atomic mass is 9.89. The van der Waals surface area contributed by atoms with Crippen LogP contribution in [0.25, 0.3) is 32.9 Å². The second-order valence-electron chi connectivity index (χ2n) is 9.42. The van der Waals surface area contributed by atoms with Gasteiger partial charge in [0.15, 0.2) is 0 Å². The van der Waals surface area contributed by atoms with Gasteiger partial charge in [0.05, 0.1) is 17.8 Å². The molecule has 0 amide bonds. The van der Waals surface area contributed by atoms with Gasteiger partial charge >= 0.3 is 0 Å². The molecule has 1 aliphatic rings. The molecule has 0 unspecified atom stereocenters. The zero-order valence-electron chi connectivity index (χ0n) is 20.2. The highest BCUT2D eigenvalue weighted by Gasteiger charge is 2.24. The van der Waals surface area contributed by atoms with E-state index < -0.39 is 0 Å². The topological polar surface area (TPSA) is 25.4 Å². The van der Waals surface area contributed by atoms with Gasteiger partial charge in [0.1, 0.15) is 5.75 Å². The molecular formula is C32H30N2O. The van der Waals surface area contributed by atoms with Crippen molar-refractivity contribution in [3.05, 3.63) is 108 Å². The Hall–Kier alpha value is -3.69. The van der Waals surface area contributed by atoms with Gasteiger partial charge in [-0.25, -0.2) is 4.98 Å². The number of aromatic nitrogens is 1. The largest absolute Gasteiger partial charge is 0.494 e.